The summed E-state index contributed by atoms with van der Waals surface area (Å²) in [7, 11) is 1.64. The molecular weight excluding hydrogens is 440 g/mol. The molecule has 35 heavy (non-hydrogen) atoms. The van der Waals surface area contributed by atoms with Crippen LogP contribution in [0.1, 0.15) is 21.7 Å². The van der Waals surface area contributed by atoms with E-state index in [1.165, 1.54) is 0 Å². The van der Waals surface area contributed by atoms with Gasteiger partial charge in [-0.25, -0.2) is 9.67 Å². The number of amides is 1. The van der Waals surface area contributed by atoms with Gasteiger partial charge in [0, 0.05) is 25.8 Å². The molecule has 5 rings (SSSR count). The van der Waals surface area contributed by atoms with E-state index in [-0.39, 0.29) is 5.91 Å². The molecule has 3 heterocycles. The summed E-state index contributed by atoms with van der Waals surface area (Å²) in [6.07, 6.45) is 3.35. The first-order chi connectivity index (χ1) is 17.2. The van der Waals surface area contributed by atoms with Crippen LogP contribution in [0.4, 0.5) is 0 Å². The Labute approximate surface area is 203 Å². The van der Waals surface area contributed by atoms with Crippen LogP contribution >= 0.6 is 0 Å². The van der Waals surface area contributed by atoms with Crippen LogP contribution in [0.3, 0.4) is 0 Å². The quantitative estimate of drug-likeness (QED) is 0.305. The Balaban J connectivity index is 1.60. The third kappa shape index (κ3) is 5.00. The smallest absolute Gasteiger partial charge is 0.255 e. The molecule has 0 fully saturated rings. The second-order valence-electron chi connectivity index (χ2n) is 8.25. The summed E-state index contributed by atoms with van der Waals surface area (Å²) in [6, 6.07) is 25.4. The van der Waals surface area contributed by atoms with Crippen molar-refractivity contribution < 1.29 is 13.9 Å². The molecule has 5 aromatic rings. The van der Waals surface area contributed by atoms with E-state index in [2.05, 4.69) is 5.10 Å². The highest BCUT2D eigenvalue weighted by Gasteiger charge is 2.23. The van der Waals surface area contributed by atoms with Crippen molar-refractivity contribution in [2.24, 2.45) is 0 Å². The number of hydrogen-bond donors (Lipinski definition) is 0. The molecule has 0 radical (unpaired) electrons. The highest BCUT2D eigenvalue weighted by atomic mass is 16.5. The highest BCUT2D eigenvalue weighted by molar-refractivity contribution is 6.06. The second kappa shape index (κ2) is 10.4. The molecule has 3 aromatic heterocycles. The Bertz CT molecular complexity index is 1400. The molecule has 0 spiro atoms. The van der Waals surface area contributed by atoms with Crippen LogP contribution in [0.2, 0.25) is 0 Å². The van der Waals surface area contributed by atoms with Crippen LogP contribution in [0.5, 0.6) is 0 Å². The Morgan fingerprint density at radius 1 is 1.03 bits per heavy atom. The molecular formula is C28H26N4O3. The van der Waals surface area contributed by atoms with E-state index in [9.17, 15) is 4.79 Å². The van der Waals surface area contributed by atoms with E-state index in [1.54, 1.807) is 24.3 Å². The number of rotatable bonds is 9. The number of furan rings is 1. The van der Waals surface area contributed by atoms with E-state index in [1.807, 2.05) is 83.8 Å². The van der Waals surface area contributed by atoms with Gasteiger partial charge < -0.3 is 14.1 Å². The summed E-state index contributed by atoms with van der Waals surface area (Å²) in [4.78, 5) is 20.7. The van der Waals surface area contributed by atoms with Gasteiger partial charge >= 0.3 is 0 Å². The maximum Gasteiger partial charge on any atom is 0.255 e. The molecule has 2 aromatic carbocycles. The van der Waals surface area contributed by atoms with Gasteiger partial charge in [-0.15, -0.1) is 0 Å². The Hall–Kier alpha value is -4.23. The molecule has 0 N–H and O–H groups in total. The van der Waals surface area contributed by atoms with Gasteiger partial charge in [0.2, 0.25) is 0 Å². The minimum Gasteiger partial charge on any atom is -0.467 e. The molecule has 176 valence electrons. The first-order valence-corrected chi connectivity index (χ1v) is 11.5. The number of carbonyl (C=O) groups is 1. The zero-order chi connectivity index (χ0) is 24.0. The van der Waals surface area contributed by atoms with Crippen molar-refractivity contribution in [3.63, 3.8) is 0 Å². The summed E-state index contributed by atoms with van der Waals surface area (Å²) < 4.78 is 12.6. The maximum atomic E-state index is 14.0. The average molecular weight is 467 g/mol. The molecule has 0 bridgehead atoms. The molecule has 0 atom stereocenters. The number of aromatic nitrogens is 3. The largest absolute Gasteiger partial charge is 0.467 e. The predicted molar refractivity (Wildman–Crippen MR) is 134 cm³/mol. The van der Waals surface area contributed by atoms with Crippen LogP contribution in [0.15, 0.2) is 95.7 Å². The van der Waals surface area contributed by atoms with Crippen molar-refractivity contribution in [3.8, 4) is 11.3 Å². The molecule has 1 amide bonds. The van der Waals surface area contributed by atoms with Gasteiger partial charge in [-0.1, -0.05) is 60.7 Å². The molecule has 0 aliphatic heterocycles. The number of hydrogen-bond acceptors (Lipinski definition) is 5. The number of methoxy groups -OCH3 is 1. The second-order valence-corrected chi connectivity index (χ2v) is 8.25. The lowest BCUT2D eigenvalue weighted by molar-refractivity contribution is 0.0682. The van der Waals surface area contributed by atoms with E-state index in [0.29, 0.717) is 48.5 Å². The third-order valence-corrected chi connectivity index (χ3v) is 5.86. The summed E-state index contributed by atoms with van der Waals surface area (Å²) in [5.74, 6) is 0.675. The van der Waals surface area contributed by atoms with Gasteiger partial charge in [0.25, 0.3) is 5.91 Å². The number of ether oxygens (including phenoxy) is 1. The minimum absolute atomic E-state index is 0.0898. The van der Waals surface area contributed by atoms with Crippen LogP contribution in [-0.2, 0) is 17.8 Å². The molecule has 7 nitrogen and oxygen atoms in total. The number of nitrogens with zero attached hydrogens (tertiary/aromatic N) is 4. The van der Waals surface area contributed by atoms with Gasteiger partial charge in [-0.05, 0) is 23.8 Å². The fraction of sp³-hybridized carbons (Fsp3) is 0.179. The SMILES string of the molecule is COCCN(Cc1ccccc1)C(=O)c1cc(-c2ccccc2)nc2c1cnn2Cc1ccco1. The van der Waals surface area contributed by atoms with Gasteiger partial charge in [0.05, 0.1) is 35.7 Å². The lowest BCUT2D eigenvalue weighted by Gasteiger charge is -2.23. The normalized spacial score (nSPS) is 11.1. The Morgan fingerprint density at radius 2 is 1.80 bits per heavy atom. The predicted octanol–water partition coefficient (Wildman–Crippen LogP) is 5.03. The maximum absolute atomic E-state index is 14.0. The summed E-state index contributed by atoms with van der Waals surface area (Å²) >= 11 is 0. The van der Waals surface area contributed by atoms with Crippen molar-refractivity contribution in [1.29, 1.82) is 0 Å². The van der Waals surface area contributed by atoms with Crippen molar-refractivity contribution >= 4 is 16.9 Å². The summed E-state index contributed by atoms with van der Waals surface area (Å²) in [5, 5.41) is 5.26. The first kappa shape index (κ1) is 22.6. The lowest BCUT2D eigenvalue weighted by atomic mass is 10.1. The number of fused-ring (bicyclic) bond motifs is 1. The topological polar surface area (TPSA) is 73.4 Å². The van der Waals surface area contributed by atoms with E-state index in [0.717, 1.165) is 16.9 Å². The fourth-order valence-corrected chi connectivity index (χ4v) is 4.08. The summed E-state index contributed by atoms with van der Waals surface area (Å²) in [6.45, 7) is 1.81. The van der Waals surface area contributed by atoms with Crippen molar-refractivity contribution in [3.05, 3.63) is 108 Å². The first-order valence-electron chi connectivity index (χ1n) is 11.5. The fourth-order valence-electron chi connectivity index (χ4n) is 4.08. The third-order valence-electron chi connectivity index (χ3n) is 5.86. The van der Waals surface area contributed by atoms with Crippen molar-refractivity contribution in [2.45, 2.75) is 13.1 Å². The lowest BCUT2D eigenvalue weighted by Crippen LogP contribution is -2.33. The van der Waals surface area contributed by atoms with Crippen molar-refractivity contribution in [1.82, 2.24) is 19.7 Å². The zero-order valence-electron chi connectivity index (χ0n) is 19.5. The van der Waals surface area contributed by atoms with Gasteiger partial charge in [-0.2, -0.15) is 5.10 Å². The van der Waals surface area contributed by atoms with Gasteiger partial charge in [0.15, 0.2) is 5.65 Å². The standard InChI is InChI=1S/C28H26N4O3/c1-34-16-14-31(19-21-9-4-2-5-10-21)28(33)24-17-26(22-11-6-3-7-12-22)30-27-25(24)18-29-32(27)20-23-13-8-15-35-23/h2-13,15,17-18H,14,16,19-20H2,1H3. The van der Waals surface area contributed by atoms with Crippen LogP contribution in [0.25, 0.3) is 22.3 Å². The number of benzene rings is 2. The van der Waals surface area contributed by atoms with Crippen LogP contribution in [-0.4, -0.2) is 45.8 Å². The molecule has 0 aliphatic rings. The molecule has 0 unspecified atom stereocenters. The number of carbonyl (C=O) groups excluding carboxylic acids is 1. The molecule has 0 aliphatic carbocycles. The van der Waals surface area contributed by atoms with Gasteiger partial charge in [0.1, 0.15) is 12.3 Å². The molecule has 7 heteroatoms. The Morgan fingerprint density at radius 3 is 2.51 bits per heavy atom. The zero-order valence-corrected chi connectivity index (χ0v) is 19.5. The molecule has 0 saturated heterocycles. The monoisotopic (exact) mass is 466 g/mol. The molecule has 0 saturated carbocycles. The van der Waals surface area contributed by atoms with E-state index < -0.39 is 0 Å². The van der Waals surface area contributed by atoms with E-state index in [4.69, 9.17) is 14.1 Å². The van der Waals surface area contributed by atoms with Crippen LogP contribution < -0.4 is 0 Å². The van der Waals surface area contributed by atoms with Crippen LogP contribution in [0, 0.1) is 0 Å². The Kier molecular flexibility index (Phi) is 6.68. The number of pyridine rings is 1. The van der Waals surface area contributed by atoms with E-state index >= 15 is 0 Å². The summed E-state index contributed by atoms with van der Waals surface area (Å²) in [5.41, 5.74) is 3.90. The van der Waals surface area contributed by atoms with Gasteiger partial charge in [-0.3, -0.25) is 4.79 Å². The average Bonchev–Trinajstić information content (AvgIpc) is 3.57. The minimum atomic E-state index is -0.0898. The highest BCUT2D eigenvalue weighted by Crippen LogP contribution is 2.27. The van der Waals surface area contributed by atoms with Crippen molar-refractivity contribution in [2.75, 3.05) is 20.3 Å².